The molecule has 0 aliphatic heterocycles. The Bertz CT molecular complexity index is 564. The molecule has 1 heterocycles. The second-order valence-electron chi connectivity index (χ2n) is 5.22. The minimum Gasteiger partial charge on any atom is -0.444 e. The molecule has 3 N–H and O–H groups in total. The number of nitrogens with one attached hydrogen (secondary N) is 1. The van der Waals surface area contributed by atoms with Crippen LogP contribution in [0, 0.1) is 10.1 Å². The first-order valence-corrected chi connectivity index (χ1v) is 6.22. The number of hydrogen-bond donors (Lipinski definition) is 2. The van der Waals surface area contributed by atoms with Crippen molar-refractivity contribution in [3.63, 3.8) is 0 Å². The van der Waals surface area contributed by atoms with Crippen molar-refractivity contribution in [3.05, 3.63) is 34.0 Å². The molecule has 1 rings (SSSR count). The van der Waals surface area contributed by atoms with Crippen LogP contribution in [0.2, 0.25) is 0 Å². The van der Waals surface area contributed by atoms with E-state index in [9.17, 15) is 14.9 Å². The Morgan fingerprint density at radius 1 is 1.57 bits per heavy atom. The summed E-state index contributed by atoms with van der Waals surface area (Å²) < 4.78 is 5.05. The van der Waals surface area contributed by atoms with Crippen molar-refractivity contribution in [1.82, 2.24) is 10.3 Å². The highest BCUT2D eigenvalue weighted by atomic mass is 16.6. The fourth-order valence-corrected chi connectivity index (χ4v) is 1.37. The summed E-state index contributed by atoms with van der Waals surface area (Å²) in [6.07, 6.45) is 4.10. The number of nitrogens with zero attached hydrogens (tertiary/aromatic N) is 2. The maximum atomic E-state index is 11.4. The number of nitrogens with two attached hydrogens (primary N) is 1. The summed E-state index contributed by atoms with van der Waals surface area (Å²) in [5, 5.41) is 13.2. The third kappa shape index (κ3) is 5.89. The second-order valence-corrected chi connectivity index (χ2v) is 5.22. The van der Waals surface area contributed by atoms with Gasteiger partial charge in [0.05, 0.1) is 4.92 Å². The van der Waals surface area contributed by atoms with Gasteiger partial charge in [-0.15, -0.1) is 0 Å². The predicted molar refractivity (Wildman–Crippen MR) is 78.6 cm³/mol. The molecule has 0 bridgehead atoms. The van der Waals surface area contributed by atoms with Crippen LogP contribution < -0.4 is 11.1 Å². The van der Waals surface area contributed by atoms with E-state index in [0.29, 0.717) is 5.56 Å². The number of carbonyl (C=O) groups is 1. The highest BCUT2D eigenvalue weighted by Gasteiger charge is 2.15. The Morgan fingerprint density at radius 2 is 2.24 bits per heavy atom. The Labute approximate surface area is 122 Å². The third-order valence-corrected chi connectivity index (χ3v) is 2.19. The summed E-state index contributed by atoms with van der Waals surface area (Å²) in [6, 6.07) is 1.31. The van der Waals surface area contributed by atoms with E-state index < -0.39 is 16.6 Å². The number of nitro groups is 1. The average molecular weight is 294 g/mol. The van der Waals surface area contributed by atoms with Crippen LogP contribution in [0.25, 0.3) is 6.08 Å². The molecule has 0 atom stereocenters. The summed E-state index contributed by atoms with van der Waals surface area (Å²) in [5.74, 6) is -0.135. The molecule has 8 nitrogen and oxygen atoms in total. The fraction of sp³-hybridized carbons (Fsp3) is 0.385. The van der Waals surface area contributed by atoms with Gasteiger partial charge in [0, 0.05) is 18.8 Å². The maximum Gasteiger partial charge on any atom is 0.407 e. The summed E-state index contributed by atoms with van der Waals surface area (Å²) >= 11 is 0. The van der Waals surface area contributed by atoms with Gasteiger partial charge in [-0.1, -0.05) is 12.2 Å². The lowest BCUT2D eigenvalue weighted by Crippen LogP contribution is -2.32. The number of aromatic nitrogens is 1. The summed E-state index contributed by atoms with van der Waals surface area (Å²) in [4.78, 5) is 25.2. The lowest BCUT2D eigenvalue weighted by molar-refractivity contribution is -0.384. The van der Waals surface area contributed by atoms with E-state index in [2.05, 4.69) is 10.3 Å². The van der Waals surface area contributed by atoms with Crippen LogP contribution in [0.4, 0.5) is 16.3 Å². The Balaban J connectivity index is 2.56. The molecule has 0 aromatic carbocycles. The first-order valence-electron chi connectivity index (χ1n) is 6.22. The smallest absolute Gasteiger partial charge is 0.407 e. The van der Waals surface area contributed by atoms with Crippen LogP contribution in [-0.2, 0) is 4.74 Å². The van der Waals surface area contributed by atoms with Gasteiger partial charge in [-0.05, 0) is 26.3 Å². The zero-order valence-electron chi connectivity index (χ0n) is 12.1. The van der Waals surface area contributed by atoms with Gasteiger partial charge in [-0.25, -0.2) is 9.78 Å². The zero-order valence-corrected chi connectivity index (χ0v) is 12.1. The van der Waals surface area contributed by atoms with Crippen LogP contribution in [0.5, 0.6) is 0 Å². The fourth-order valence-electron chi connectivity index (χ4n) is 1.37. The van der Waals surface area contributed by atoms with E-state index in [-0.39, 0.29) is 18.1 Å². The predicted octanol–water partition coefficient (Wildman–Crippen LogP) is 2.11. The Morgan fingerprint density at radius 3 is 2.81 bits per heavy atom. The number of carbonyl (C=O) groups excluding carboxylic acids is 1. The highest BCUT2D eigenvalue weighted by molar-refractivity contribution is 5.68. The number of nitrogen functional groups attached to an aromatic ring is 1. The molecule has 0 aliphatic carbocycles. The van der Waals surface area contributed by atoms with Crippen LogP contribution in [0.1, 0.15) is 26.3 Å². The summed E-state index contributed by atoms with van der Waals surface area (Å²) in [6.45, 7) is 5.53. The van der Waals surface area contributed by atoms with Gasteiger partial charge in [0.2, 0.25) is 5.82 Å². The molecule has 0 aliphatic rings. The molecule has 0 radical (unpaired) electrons. The van der Waals surface area contributed by atoms with Gasteiger partial charge < -0.3 is 15.8 Å². The molecule has 0 saturated carbocycles. The van der Waals surface area contributed by atoms with Crippen LogP contribution >= 0.6 is 0 Å². The topological polar surface area (TPSA) is 120 Å². The van der Waals surface area contributed by atoms with Gasteiger partial charge in [-0.3, -0.25) is 10.1 Å². The van der Waals surface area contributed by atoms with E-state index in [1.165, 1.54) is 12.3 Å². The number of amides is 1. The normalized spacial score (nSPS) is 11.4. The van der Waals surface area contributed by atoms with Crippen molar-refractivity contribution >= 4 is 23.7 Å². The molecule has 0 fully saturated rings. The molecule has 8 heteroatoms. The third-order valence-electron chi connectivity index (χ3n) is 2.19. The Kier molecular flexibility index (Phi) is 5.23. The van der Waals surface area contributed by atoms with Crippen LogP contribution in [0.15, 0.2) is 18.3 Å². The van der Waals surface area contributed by atoms with Gasteiger partial charge >= 0.3 is 11.8 Å². The van der Waals surface area contributed by atoms with Gasteiger partial charge in [0.15, 0.2) is 0 Å². The van der Waals surface area contributed by atoms with E-state index in [0.717, 1.165) is 0 Å². The molecular weight excluding hydrogens is 276 g/mol. The first kappa shape index (κ1) is 16.4. The van der Waals surface area contributed by atoms with Gasteiger partial charge in [0.25, 0.3) is 0 Å². The number of ether oxygens (including phenoxy) is 1. The molecule has 0 saturated heterocycles. The number of hydrogen-bond acceptors (Lipinski definition) is 6. The maximum absolute atomic E-state index is 11.4. The highest BCUT2D eigenvalue weighted by Crippen LogP contribution is 2.19. The lowest BCUT2D eigenvalue weighted by Gasteiger charge is -2.19. The zero-order chi connectivity index (χ0) is 16.0. The lowest BCUT2D eigenvalue weighted by atomic mass is 10.2. The van der Waals surface area contributed by atoms with Crippen LogP contribution in [0.3, 0.4) is 0 Å². The van der Waals surface area contributed by atoms with Crippen molar-refractivity contribution in [2.75, 3.05) is 12.3 Å². The van der Waals surface area contributed by atoms with E-state index in [1.54, 1.807) is 32.9 Å². The van der Waals surface area contributed by atoms with Gasteiger partial charge in [-0.2, -0.15) is 0 Å². The van der Waals surface area contributed by atoms with Crippen molar-refractivity contribution < 1.29 is 14.5 Å². The van der Waals surface area contributed by atoms with E-state index in [1.807, 2.05) is 0 Å². The summed E-state index contributed by atoms with van der Waals surface area (Å²) in [5.41, 5.74) is 5.10. The molecule has 114 valence electrons. The molecule has 1 amide bonds. The van der Waals surface area contributed by atoms with Crippen LogP contribution in [-0.4, -0.2) is 28.1 Å². The quantitative estimate of drug-likeness (QED) is 0.648. The first-order chi connectivity index (χ1) is 9.69. The average Bonchev–Trinajstić information content (AvgIpc) is 2.34. The van der Waals surface area contributed by atoms with Crippen molar-refractivity contribution in [3.8, 4) is 0 Å². The van der Waals surface area contributed by atoms with E-state index >= 15 is 0 Å². The number of rotatable bonds is 4. The molecule has 1 aromatic rings. The molecule has 0 spiro atoms. The second kappa shape index (κ2) is 6.69. The number of anilines is 1. The van der Waals surface area contributed by atoms with Gasteiger partial charge in [0.1, 0.15) is 5.60 Å². The standard InChI is InChI=1S/C13H18N4O4/c1-13(2,3)21-12(18)15-6-4-5-9-7-10(17(19)20)11(14)16-8-9/h4-5,7-8H,6H2,1-3H3,(H2,14,16)(H,15,18). The SMILES string of the molecule is CC(C)(C)OC(=O)NCC=Cc1cnc(N)c([N+](=O)[O-])c1. The molecule has 21 heavy (non-hydrogen) atoms. The number of pyridine rings is 1. The van der Waals surface area contributed by atoms with Crippen molar-refractivity contribution in [2.45, 2.75) is 26.4 Å². The number of alkyl carbamates (subject to hydrolysis) is 1. The summed E-state index contributed by atoms with van der Waals surface area (Å²) in [7, 11) is 0. The van der Waals surface area contributed by atoms with E-state index in [4.69, 9.17) is 10.5 Å². The largest absolute Gasteiger partial charge is 0.444 e. The minimum atomic E-state index is -0.599. The van der Waals surface area contributed by atoms with Crippen molar-refractivity contribution in [2.24, 2.45) is 0 Å². The Hall–Kier alpha value is -2.64. The minimum absolute atomic E-state index is 0.135. The molecular formula is C13H18N4O4. The molecule has 0 unspecified atom stereocenters. The van der Waals surface area contributed by atoms with Crippen molar-refractivity contribution in [1.29, 1.82) is 0 Å². The monoisotopic (exact) mass is 294 g/mol. The molecule has 1 aromatic heterocycles.